The van der Waals surface area contributed by atoms with Gasteiger partial charge in [0.2, 0.25) is 0 Å². The van der Waals surface area contributed by atoms with Crippen LogP contribution in [0.2, 0.25) is 0 Å². The summed E-state index contributed by atoms with van der Waals surface area (Å²) in [5, 5.41) is 44.7. The van der Waals surface area contributed by atoms with Crippen LogP contribution in [-0.2, 0) is 52.3 Å². The highest BCUT2D eigenvalue weighted by atomic mass is 16.7. The fourth-order valence-electron chi connectivity index (χ4n) is 10.2. The normalized spacial score (nSPS) is 35.8. The first-order chi connectivity index (χ1) is 35.0. The van der Waals surface area contributed by atoms with E-state index in [0.29, 0.717) is 0 Å². The fraction of sp³-hybridized carbons (Fsp3) is 0.907. The minimum absolute atomic E-state index is 0.0118. The second kappa shape index (κ2) is 29.6. The summed E-state index contributed by atoms with van der Waals surface area (Å²) in [5.74, 6) is -3.52. The minimum atomic E-state index is -1.58. The molecule has 4 fully saturated rings. The van der Waals surface area contributed by atoms with Crippen LogP contribution in [0.4, 0.5) is 0 Å². The smallest absolute Gasteiger partial charge is 0.303 e. The van der Waals surface area contributed by atoms with Crippen LogP contribution in [0.3, 0.4) is 0 Å². The van der Waals surface area contributed by atoms with Crippen molar-refractivity contribution in [3.05, 3.63) is 62.7 Å². The van der Waals surface area contributed by atoms with E-state index in [4.69, 9.17) is 55.3 Å². The molecule has 0 aromatic heterocycles. The van der Waals surface area contributed by atoms with Gasteiger partial charge in [-0.1, -0.05) is 86.1 Å². The van der Waals surface area contributed by atoms with Crippen LogP contribution in [0.5, 0.6) is 0 Å². The molecule has 21 atom stereocenters. The standard InChI is InChI=1S/C25H39N9O8.C18H29N9O5/c1-11(2)22-13(4)12(3)20(31-34-28)25(41-22)42-24-17(30-33-27)9-16(23(21(24)38)40-15(6)36)10-18(37)19(39-14(5)35)7-8-29-32-26;1-7(2)15-9(4)8(3)13(24-27-21)18(31-15)32-17-12(23-26-20)6-11(22-25-19)16(14(17)29)30-10(5)28/h11-13,16-17,19-25,38H,7-10H2,1-6H3;7-9,11-18,29H,6H2,1-5H3/t12-,13-,16-,17?,19-,20?,21+,22?,23?,24+,25+;8-,9-,11+,12?,13?,14+,15?,16?,17+,18+/m00/s1. The lowest BCUT2D eigenvalue weighted by atomic mass is 9.76. The quantitative estimate of drug-likeness (QED) is 0.0383. The Labute approximate surface area is 426 Å². The average molecular weight is 1050 g/mol. The van der Waals surface area contributed by atoms with Crippen LogP contribution < -0.4 is 0 Å². The van der Waals surface area contributed by atoms with E-state index < -0.39 is 115 Å². The molecule has 31 nitrogen and oxygen atoms in total. The summed E-state index contributed by atoms with van der Waals surface area (Å²) in [6, 6.07) is -4.42. The minimum Gasteiger partial charge on any atom is -0.459 e. The first kappa shape index (κ1) is 62.0. The Morgan fingerprint density at radius 3 is 1.36 bits per heavy atom. The molecule has 0 bridgehead atoms. The average Bonchev–Trinajstić information content (AvgIpc) is 3.32. The lowest BCUT2D eigenvalue weighted by molar-refractivity contribution is -0.280. The zero-order valence-corrected chi connectivity index (χ0v) is 43.2. The molecule has 2 N–H and O–H groups in total. The molecular weight excluding hydrogens is 977 g/mol. The van der Waals surface area contributed by atoms with Gasteiger partial charge in [-0.2, -0.15) is 0 Å². The Morgan fingerprint density at radius 1 is 0.568 bits per heavy atom. The van der Waals surface area contributed by atoms with Crippen molar-refractivity contribution in [1.82, 2.24) is 0 Å². The van der Waals surface area contributed by atoms with E-state index in [1.165, 1.54) is 0 Å². The number of hydrogen-bond donors (Lipinski definition) is 2. The first-order valence-electron chi connectivity index (χ1n) is 24.3. The summed E-state index contributed by atoms with van der Waals surface area (Å²) in [5.41, 5.74) is 54.0. The molecule has 2 saturated heterocycles. The molecule has 0 amide bonds. The highest BCUT2D eigenvalue weighted by molar-refractivity contribution is 5.85. The van der Waals surface area contributed by atoms with Crippen molar-refractivity contribution in [2.45, 2.75) is 200 Å². The van der Waals surface area contributed by atoms with E-state index in [-0.39, 0.29) is 79.9 Å². The van der Waals surface area contributed by atoms with Crippen LogP contribution in [0.1, 0.15) is 102 Å². The third kappa shape index (κ3) is 16.3. The number of nitrogens with zero attached hydrogens (tertiary/aromatic N) is 18. The molecule has 2 saturated carbocycles. The summed E-state index contributed by atoms with van der Waals surface area (Å²) >= 11 is 0. The number of ketones is 1. The van der Waals surface area contributed by atoms with Gasteiger partial charge in [-0.05, 0) is 88.0 Å². The Hall–Kier alpha value is -6.30. The van der Waals surface area contributed by atoms with Gasteiger partial charge >= 0.3 is 17.9 Å². The van der Waals surface area contributed by atoms with E-state index in [2.05, 4.69) is 60.2 Å². The van der Waals surface area contributed by atoms with Crippen LogP contribution >= 0.6 is 0 Å². The third-order valence-corrected chi connectivity index (χ3v) is 14.0. The van der Waals surface area contributed by atoms with Gasteiger partial charge in [0.05, 0.1) is 54.6 Å². The van der Waals surface area contributed by atoms with Gasteiger partial charge in [0, 0.05) is 69.1 Å². The number of azide groups is 6. The largest absolute Gasteiger partial charge is 0.459 e. The van der Waals surface area contributed by atoms with E-state index in [1.54, 1.807) is 0 Å². The molecule has 408 valence electrons. The number of hydrogen-bond acceptors (Lipinski definition) is 19. The van der Waals surface area contributed by atoms with Gasteiger partial charge < -0.3 is 43.4 Å². The van der Waals surface area contributed by atoms with Crippen molar-refractivity contribution in [2.75, 3.05) is 6.54 Å². The van der Waals surface area contributed by atoms with Gasteiger partial charge in [0.25, 0.3) is 0 Å². The van der Waals surface area contributed by atoms with Crippen LogP contribution in [0.15, 0.2) is 30.7 Å². The van der Waals surface area contributed by atoms with E-state index in [1.807, 2.05) is 55.4 Å². The van der Waals surface area contributed by atoms with Crippen LogP contribution in [-0.4, -0.2) is 138 Å². The number of ether oxygens (including phenoxy) is 7. The molecule has 74 heavy (non-hydrogen) atoms. The van der Waals surface area contributed by atoms with Crippen molar-refractivity contribution in [3.8, 4) is 0 Å². The van der Waals surface area contributed by atoms with E-state index in [9.17, 15) is 40.5 Å². The maximum absolute atomic E-state index is 13.2. The predicted octanol–water partition coefficient (Wildman–Crippen LogP) is 8.04. The predicted molar refractivity (Wildman–Crippen MR) is 258 cm³/mol. The Morgan fingerprint density at radius 2 is 0.973 bits per heavy atom. The number of aliphatic hydroxyl groups is 2. The Bertz CT molecular complexity index is 2240. The summed E-state index contributed by atoms with van der Waals surface area (Å²) in [6.45, 7) is 19.1. The maximum Gasteiger partial charge on any atom is 0.303 e. The summed E-state index contributed by atoms with van der Waals surface area (Å²) in [4.78, 5) is 65.3. The zero-order valence-electron chi connectivity index (χ0n) is 43.2. The maximum atomic E-state index is 13.2. The number of carbonyl (C=O) groups is 4. The van der Waals surface area contributed by atoms with Crippen LogP contribution in [0, 0.1) is 41.4 Å². The van der Waals surface area contributed by atoms with Gasteiger partial charge in [-0.15, -0.1) is 0 Å². The first-order valence-corrected chi connectivity index (χ1v) is 24.3. The molecule has 2 aliphatic heterocycles. The van der Waals surface area contributed by atoms with Gasteiger partial charge in [-0.25, -0.2) is 0 Å². The van der Waals surface area contributed by atoms with Gasteiger partial charge in [-0.3, -0.25) is 19.2 Å². The van der Waals surface area contributed by atoms with Crippen molar-refractivity contribution < 1.29 is 62.5 Å². The van der Waals surface area contributed by atoms with Gasteiger partial charge in [0.1, 0.15) is 24.4 Å². The molecule has 0 aromatic rings. The van der Waals surface area contributed by atoms with Crippen molar-refractivity contribution in [1.29, 1.82) is 0 Å². The number of aliphatic hydroxyl groups excluding tert-OH is 2. The van der Waals surface area contributed by atoms with E-state index >= 15 is 0 Å². The molecule has 4 rings (SSSR count). The van der Waals surface area contributed by atoms with Crippen molar-refractivity contribution in [3.63, 3.8) is 0 Å². The number of esters is 3. The molecule has 8 unspecified atom stereocenters. The molecule has 0 radical (unpaired) electrons. The summed E-state index contributed by atoms with van der Waals surface area (Å²) < 4.78 is 40.4. The number of rotatable bonds is 20. The third-order valence-electron chi connectivity index (χ3n) is 14.0. The highest BCUT2D eigenvalue weighted by Gasteiger charge is 2.53. The molecule has 4 aliphatic rings. The Balaban J connectivity index is 0.000000405. The molecular formula is C43H68N18O13. The Kier molecular flexibility index (Phi) is 24.8. The topological polar surface area (TPSA) is 466 Å². The fourth-order valence-corrected chi connectivity index (χ4v) is 10.2. The molecule has 2 aliphatic carbocycles. The molecule has 2 heterocycles. The van der Waals surface area contributed by atoms with E-state index in [0.717, 1.165) is 20.8 Å². The highest BCUT2D eigenvalue weighted by Crippen LogP contribution is 2.42. The second-order valence-corrected chi connectivity index (χ2v) is 19.6. The number of carbonyl (C=O) groups excluding carboxylic acids is 4. The van der Waals surface area contributed by atoms with Crippen LogP contribution in [0.25, 0.3) is 62.7 Å². The van der Waals surface area contributed by atoms with Crippen molar-refractivity contribution >= 4 is 23.7 Å². The zero-order chi connectivity index (χ0) is 55.6. The number of Topliss-reactive ketones (excluding diaryl/α,β-unsaturated/α-hetero) is 1. The van der Waals surface area contributed by atoms with Crippen molar-refractivity contribution in [2.24, 2.45) is 72.1 Å². The second-order valence-electron chi connectivity index (χ2n) is 19.6. The monoisotopic (exact) mass is 1040 g/mol. The molecule has 31 heteroatoms. The molecule has 0 aromatic carbocycles. The molecule has 0 spiro atoms. The lowest BCUT2D eigenvalue weighted by Crippen LogP contribution is -2.60. The summed E-state index contributed by atoms with van der Waals surface area (Å²) in [7, 11) is 0. The van der Waals surface area contributed by atoms with Gasteiger partial charge in [0.15, 0.2) is 24.5 Å². The lowest BCUT2D eigenvalue weighted by Gasteiger charge is -2.48. The SMILES string of the molecule is CC(=O)OC1[C@@H](O)[C@H](O[C@H]2OC(C(C)C)[C@@H](C)[C@H](C)C2N=[N+]=[N-])C(N=[N+]=[N-])C[C@H]1N=[N+]=[N-].CC(=O)OC1[C@H](CC(=O)[C@H](CCN=[N+]=[N-])OC(C)=O)CC(N=[N+]=[N-])[C@@H](O[C@H]2OC(C(C)C)[C@@H](C)[C@H](C)C2N=[N+]=[N-])[C@@H]1O. The summed E-state index contributed by atoms with van der Waals surface area (Å²) in [6.07, 6.45) is -12.3.